The van der Waals surface area contributed by atoms with E-state index in [0.29, 0.717) is 19.4 Å². The van der Waals surface area contributed by atoms with Crippen LogP contribution in [0.2, 0.25) is 0 Å². The van der Waals surface area contributed by atoms with Crippen molar-refractivity contribution in [1.82, 2.24) is 0 Å². The van der Waals surface area contributed by atoms with Gasteiger partial charge >= 0.3 is 11.9 Å². The van der Waals surface area contributed by atoms with Crippen LogP contribution in [-0.2, 0) is 23.8 Å². The van der Waals surface area contributed by atoms with Gasteiger partial charge in [0.05, 0.1) is 6.61 Å². The zero-order chi connectivity index (χ0) is 47.7. The Balaban J connectivity index is 4.33. The fourth-order valence-electron chi connectivity index (χ4n) is 7.70. The molecule has 0 aromatic carbocycles. The minimum atomic E-state index is -0.557. The van der Waals surface area contributed by atoms with Gasteiger partial charge in [0.15, 0.2) is 6.10 Å². The fraction of sp³-hybridized carbons (Fsp3) is 0.738. The smallest absolute Gasteiger partial charge is 0.306 e. The first-order valence-electron chi connectivity index (χ1n) is 28.1. The normalized spacial score (nSPS) is 12.8. The highest BCUT2D eigenvalue weighted by atomic mass is 16.6. The summed E-state index contributed by atoms with van der Waals surface area (Å²) in [7, 11) is 0. The van der Waals surface area contributed by atoms with Gasteiger partial charge in [-0.25, -0.2) is 0 Å². The maximum atomic E-state index is 12.8. The summed E-state index contributed by atoms with van der Waals surface area (Å²) in [5, 5.41) is 0. The van der Waals surface area contributed by atoms with Crippen LogP contribution in [0, 0.1) is 0 Å². The van der Waals surface area contributed by atoms with E-state index in [2.05, 4.69) is 106 Å². The van der Waals surface area contributed by atoms with Crippen LogP contribution in [-0.4, -0.2) is 37.9 Å². The Kier molecular flexibility index (Phi) is 53.9. The lowest BCUT2D eigenvalue weighted by Crippen LogP contribution is -2.30. The van der Waals surface area contributed by atoms with Gasteiger partial charge in [0.25, 0.3) is 0 Å². The van der Waals surface area contributed by atoms with Gasteiger partial charge in [-0.15, -0.1) is 0 Å². The first-order chi connectivity index (χ1) is 32.6. The molecule has 5 nitrogen and oxygen atoms in total. The van der Waals surface area contributed by atoms with E-state index in [1.54, 1.807) is 0 Å². The van der Waals surface area contributed by atoms with Crippen LogP contribution < -0.4 is 0 Å². The van der Waals surface area contributed by atoms with E-state index < -0.39 is 6.10 Å². The standard InChI is InChI=1S/C61H106O5/c1-4-7-10-13-16-19-22-25-28-30-31-32-34-36-39-42-45-48-51-54-60(62)65-58-59(57-64-56-53-50-47-44-41-38-35-29-26-23-20-17-14-11-8-5-2)66-61(63)55-52-49-46-43-40-37-33-27-24-21-18-15-12-9-6-3/h8,11,16-17,19-20,25-29,31-33,59H,4-7,9-10,12-15,18,21-24,30,34-58H2,1-3H3/b11-8-,19-16-,20-17-,28-25-,29-26-,32-31-,33-27-. The lowest BCUT2D eigenvalue weighted by Gasteiger charge is -2.18. The second kappa shape index (κ2) is 56.4. The Morgan fingerprint density at radius 3 is 1.14 bits per heavy atom. The maximum Gasteiger partial charge on any atom is 0.306 e. The van der Waals surface area contributed by atoms with Gasteiger partial charge in [0.1, 0.15) is 6.61 Å². The molecule has 1 unspecified atom stereocenters. The number of unbranched alkanes of at least 4 members (excludes halogenated alkanes) is 26. The van der Waals surface area contributed by atoms with E-state index >= 15 is 0 Å². The quantitative estimate of drug-likeness (QED) is 0.0346. The molecule has 0 aliphatic carbocycles. The van der Waals surface area contributed by atoms with Crippen LogP contribution in [0.4, 0.5) is 0 Å². The highest BCUT2D eigenvalue weighted by Gasteiger charge is 2.17. The molecule has 0 spiro atoms. The van der Waals surface area contributed by atoms with Crippen molar-refractivity contribution in [2.24, 2.45) is 0 Å². The Hall–Kier alpha value is -2.92. The van der Waals surface area contributed by atoms with E-state index in [-0.39, 0.29) is 25.2 Å². The SMILES string of the molecule is CC/C=C\C/C=C\C/C=C\CCCCCCCCOCC(COC(=O)CCCCCCCC/C=C\C/C=C\C/C=C\CCCCC)OC(=O)CCCCCCC/C=C\CCCCCCCC. The molecule has 0 N–H and O–H groups in total. The van der Waals surface area contributed by atoms with Crippen LogP contribution in [0.1, 0.15) is 265 Å². The molecule has 0 rings (SSSR count). The van der Waals surface area contributed by atoms with Gasteiger partial charge in [0.2, 0.25) is 0 Å². The Labute approximate surface area is 409 Å². The molecular weight excluding hydrogens is 813 g/mol. The van der Waals surface area contributed by atoms with Gasteiger partial charge in [-0.1, -0.05) is 221 Å². The molecule has 1 atom stereocenters. The zero-order valence-corrected chi connectivity index (χ0v) is 43.7. The topological polar surface area (TPSA) is 61.8 Å². The first-order valence-corrected chi connectivity index (χ1v) is 28.1. The average molecular weight is 920 g/mol. The molecule has 5 heteroatoms. The second-order valence-corrected chi connectivity index (χ2v) is 18.4. The van der Waals surface area contributed by atoms with E-state index in [1.807, 2.05) is 0 Å². The molecule has 0 aromatic rings. The van der Waals surface area contributed by atoms with E-state index in [4.69, 9.17) is 14.2 Å². The zero-order valence-electron chi connectivity index (χ0n) is 43.7. The van der Waals surface area contributed by atoms with Crippen molar-refractivity contribution in [1.29, 1.82) is 0 Å². The lowest BCUT2D eigenvalue weighted by atomic mass is 10.1. The average Bonchev–Trinajstić information content (AvgIpc) is 3.32. The van der Waals surface area contributed by atoms with Gasteiger partial charge in [-0.05, 0) is 116 Å². The minimum absolute atomic E-state index is 0.0669. The number of esters is 2. The number of hydrogen-bond donors (Lipinski definition) is 0. The molecule has 66 heavy (non-hydrogen) atoms. The Morgan fingerprint density at radius 1 is 0.348 bits per heavy atom. The van der Waals surface area contributed by atoms with Crippen LogP contribution in [0.15, 0.2) is 85.1 Å². The first kappa shape index (κ1) is 63.1. The van der Waals surface area contributed by atoms with Crippen molar-refractivity contribution >= 4 is 11.9 Å². The minimum Gasteiger partial charge on any atom is -0.462 e. The molecule has 0 heterocycles. The molecule has 0 bridgehead atoms. The molecule has 0 fully saturated rings. The Bertz CT molecular complexity index is 1220. The van der Waals surface area contributed by atoms with Crippen LogP contribution in [0.25, 0.3) is 0 Å². The summed E-state index contributed by atoms with van der Waals surface area (Å²) in [6.45, 7) is 7.65. The summed E-state index contributed by atoms with van der Waals surface area (Å²) in [6.07, 6.45) is 74.5. The number of carbonyl (C=O) groups excluding carboxylic acids is 2. The number of carbonyl (C=O) groups is 2. The van der Waals surface area contributed by atoms with Gasteiger partial charge < -0.3 is 14.2 Å². The fourth-order valence-corrected chi connectivity index (χ4v) is 7.70. The van der Waals surface area contributed by atoms with Crippen molar-refractivity contribution < 1.29 is 23.8 Å². The monoisotopic (exact) mass is 919 g/mol. The molecular formula is C61H106O5. The molecule has 0 saturated carbocycles. The summed E-state index contributed by atoms with van der Waals surface area (Å²) >= 11 is 0. The molecule has 0 radical (unpaired) electrons. The van der Waals surface area contributed by atoms with Gasteiger partial charge in [0, 0.05) is 19.4 Å². The number of ether oxygens (including phenoxy) is 3. The highest BCUT2D eigenvalue weighted by molar-refractivity contribution is 5.70. The molecule has 0 aliphatic heterocycles. The van der Waals surface area contributed by atoms with E-state index in [1.165, 1.54) is 128 Å². The lowest BCUT2D eigenvalue weighted by molar-refractivity contribution is -0.163. The summed E-state index contributed by atoms with van der Waals surface area (Å²) in [6, 6.07) is 0. The van der Waals surface area contributed by atoms with Crippen molar-refractivity contribution in [3.05, 3.63) is 85.1 Å². The molecule has 0 saturated heterocycles. The van der Waals surface area contributed by atoms with E-state index in [0.717, 1.165) is 103 Å². The van der Waals surface area contributed by atoms with Crippen LogP contribution >= 0.6 is 0 Å². The summed E-state index contributed by atoms with van der Waals surface area (Å²) < 4.78 is 17.4. The molecule has 0 amide bonds. The number of rotatable bonds is 51. The largest absolute Gasteiger partial charge is 0.462 e. The maximum absolute atomic E-state index is 12.8. The predicted octanol–water partition coefficient (Wildman–Crippen LogP) is 19.2. The van der Waals surface area contributed by atoms with Crippen LogP contribution in [0.5, 0.6) is 0 Å². The van der Waals surface area contributed by atoms with Crippen molar-refractivity contribution in [3.63, 3.8) is 0 Å². The number of allylic oxidation sites excluding steroid dienone is 14. The van der Waals surface area contributed by atoms with Crippen molar-refractivity contribution in [3.8, 4) is 0 Å². The van der Waals surface area contributed by atoms with Gasteiger partial charge in [-0.2, -0.15) is 0 Å². The van der Waals surface area contributed by atoms with E-state index in [9.17, 15) is 9.59 Å². The third-order valence-corrected chi connectivity index (χ3v) is 11.9. The second-order valence-electron chi connectivity index (χ2n) is 18.4. The Morgan fingerprint density at radius 2 is 0.682 bits per heavy atom. The third-order valence-electron chi connectivity index (χ3n) is 11.9. The summed E-state index contributed by atoms with van der Waals surface area (Å²) in [4.78, 5) is 25.5. The molecule has 380 valence electrons. The van der Waals surface area contributed by atoms with Crippen molar-refractivity contribution in [2.45, 2.75) is 271 Å². The summed E-state index contributed by atoms with van der Waals surface area (Å²) in [5.41, 5.74) is 0. The predicted molar refractivity (Wildman–Crippen MR) is 288 cm³/mol. The third kappa shape index (κ3) is 53.7. The molecule has 0 aliphatic rings. The van der Waals surface area contributed by atoms with Crippen LogP contribution in [0.3, 0.4) is 0 Å². The highest BCUT2D eigenvalue weighted by Crippen LogP contribution is 2.14. The van der Waals surface area contributed by atoms with Gasteiger partial charge in [-0.3, -0.25) is 9.59 Å². The summed E-state index contributed by atoms with van der Waals surface area (Å²) in [5.74, 6) is -0.425. The number of hydrogen-bond acceptors (Lipinski definition) is 5. The van der Waals surface area contributed by atoms with Crippen molar-refractivity contribution in [2.75, 3.05) is 19.8 Å². The molecule has 0 aromatic heterocycles.